The summed E-state index contributed by atoms with van der Waals surface area (Å²) in [6, 6.07) is 6.40. The number of aromatic hydroxyl groups is 1. The van der Waals surface area contributed by atoms with Gasteiger partial charge in [0.15, 0.2) is 0 Å². The molecule has 0 aliphatic carbocycles. The Morgan fingerprint density at radius 1 is 1.24 bits per heavy atom. The SMILES string of the molecule is NC1=NC(c2cc(C3CNCN3)ccc2O)=CN(C2CCCNC2)C1. The van der Waals surface area contributed by atoms with Gasteiger partial charge in [-0.3, -0.25) is 5.32 Å². The van der Waals surface area contributed by atoms with Crippen molar-refractivity contribution < 1.29 is 5.11 Å². The average Bonchev–Trinajstić information content (AvgIpc) is 3.17. The first-order valence-electron chi connectivity index (χ1n) is 8.99. The summed E-state index contributed by atoms with van der Waals surface area (Å²) in [7, 11) is 0. The highest BCUT2D eigenvalue weighted by Gasteiger charge is 2.24. The molecule has 2 saturated heterocycles. The Balaban J connectivity index is 1.64. The van der Waals surface area contributed by atoms with Crippen LogP contribution in [0.25, 0.3) is 5.70 Å². The van der Waals surface area contributed by atoms with Gasteiger partial charge in [-0.25, -0.2) is 4.99 Å². The topological polar surface area (TPSA) is 97.9 Å². The van der Waals surface area contributed by atoms with E-state index >= 15 is 0 Å². The van der Waals surface area contributed by atoms with Gasteiger partial charge in [0.2, 0.25) is 0 Å². The van der Waals surface area contributed by atoms with Gasteiger partial charge in [-0.1, -0.05) is 6.07 Å². The van der Waals surface area contributed by atoms with Gasteiger partial charge < -0.3 is 26.4 Å². The minimum absolute atomic E-state index is 0.237. The molecule has 2 fully saturated rings. The molecule has 1 aromatic rings. The molecule has 2 atom stereocenters. The van der Waals surface area contributed by atoms with Crippen LogP contribution in [0.2, 0.25) is 0 Å². The van der Waals surface area contributed by atoms with E-state index in [1.54, 1.807) is 6.07 Å². The summed E-state index contributed by atoms with van der Waals surface area (Å²) in [5.41, 5.74) is 8.73. The monoisotopic (exact) mass is 342 g/mol. The Bertz CT molecular complexity index is 689. The molecule has 7 nitrogen and oxygen atoms in total. The number of nitrogens with zero attached hydrogens (tertiary/aromatic N) is 2. The second-order valence-corrected chi connectivity index (χ2v) is 6.95. The van der Waals surface area contributed by atoms with Crippen LogP contribution in [-0.2, 0) is 0 Å². The molecular weight excluding hydrogens is 316 g/mol. The molecule has 134 valence electrons. The number of nitrogens with two attached hydrogens (primary N) is 1. The molecule has 0 aromatic heterocycles. The molecule has 0 radical (unpaired) electrons. The van der Waals surface area contributed by atoms with Gasteiger partial charge in [0, 0.05) is 43.6 Å². The summed E-state index contributed by atoms with van der Waals surface area (Å²) in [6.45, 7) is 4.37. The number of amidine groups is 1. The van der Waals surface area contributed by atoms with E-state index < -0.39 is 0 Å². The minimum Gasteiger partial charge on any atom is -0.507 e. The lowest BCUT2D eigenvalue weighted by atomic mass is 10.0. The highest BCUT2D eigenvalue weighted by atomic mass is 16.3. The number of hydrogen-bond donors (Lipinski definition) is 5. The Labute approximate surface area is 148 Å². The zero-order valence-electron chi connectivity index (χ0n) is 14.3. The number of benzene rings is 1. The Morgan fingerprint density at radius 3 is 2.92 bits per heavy atom. The number of rotatable bonds is 3. The molecule has 6 N–H and O–H groups in total. The lowest BCUT2D eigenvalue weighted by Crippen LogP contribution is -2.47. The van der Waals surface area contributed by atoms with E-state index in [0.717, 1.165) is 49.5 Å². The van der Waals surface area contributed by atoms with Crippen molar-refractivity contribution in [2.45, 2.75) is 24.9 Å². The van der Waals surface area contributed by atoms with Gasteiger partial charge in [-0.05, 0) is 37.1 Å². The first-order valence-corrected chi connectivity index (χ1v) is 8.99. The van der Waals surface area contributed by atoms with Crippen LogP contribution in [-0.4, -0.2) is 54.7 Å². The first kappa shape index (κ1) is 16.4. The van der Waals surface area contributed by atoms with Crippen LogP contribution in [0.5, 0.6) is 5.75 Å². The fourth-order valence-corrected chi connectivity index (χ4v) is 3.78. The smallest absolute Gasteiger partial charge is 0.125 e. The van der Waals surface area contributed by atoms with Crippen LogP contribution < -0.4 is 21.7 Å². The third-order valence-electron chi connectivity index (χ3n) is 5.16. The van der Waals surface area contributed by atoms with Crippen LogP contribution >= 0.6 is 0 Å². The quantitative estimate of drug-likeness (QED) is 0.542. The summed E-state index contributed by atoms with van der Waals surface area (Å²) < 4.78 is 0. The van der Waals surface area contributed by atoms with Crippen LogP contribution in [0, 0.1) is 0 Å². The van der Waals surface area contributed by atoms with Gasteiger partial charge in [0.1, 0.15) is 11.6 Å². The normalized spacial score (nSPS) is 27.1. The minimum atomic E-state index is 0.237. The Hall–Kier alpha value is -2.09. The standard InChI is InChI=1S/C18H26N6O/c19-18-10-24(13-2-1-5-20-7-13)9-16(23-18)14-6-12(3-4-17(14)25)15-8-21-11-22-15/h3-4,6,9,13,15,20-22,25H,1-2,5,7-8,10-11H2,(H2,19,23). The molecule has 3 aliphatic rings. The summed E-state index contributed by atoms with van der Waals surface area (Å²) in [6.07, 6.45) is 4.36. The van der Waals surface area contributed by atoms with Crippen LogP contribution in [0.3, 0.4) is 0 Å². The molecule has 25 heavy (non-hydrogen) atoms. The van der Waals surface area contributed by atoms with Crippen LogP contribution in [0.1, 0.15) is 30.0 Å². The van der Waals surface area contributed by atoms with Gasteiger partial charge in [0.25, 0.3) is 0 Å². The zero-order valence-corrected chi connectivity index (χ0v) is 14.3. The number of piperidine rings is 1. The van der Waals surface area contributed by atoms with E-state index in [4.69, 9.17) is 5.73 Å². The number of nitrogens with one attached hydrogen (secondary N) is 3. The third kappa shape index (κ3) is 3.49. The summed E-state index contributed by atoms with van der Waals surface area (Å²) in [5.74, 6) is 0.828. The number of hydrogen-bond acceptors (Lipinski definition) is 7. The predicted molar refractivity (Wildman–Crippen MR) is 99.1 cm³/mol. The molecule has 0 amide bonds. The van der Waals surface area contributed by atoms with Crippen molar-refractivity contribution in [1.82, 2.24) is 20.9 Å². The Morgan fingerprint density at radius 2 is 2.16 bits per heavy atom. The van der Waals surface area contributed by atoms with E-state index in [2.05, 4.69) is 25.8 Å². The number of phenols is 1. The zero-order chi connectivity index (χ0) is 17.2. The molecule has 3 aliphatic heterocycles. The van der Waals surface area contributed by atoms with E-state index in [9.17, 15) is 5.11 Å². The molecule has 2 unspecified atom stereocenters. The van der Waals surface area contributed by atoms with Gasteiger partial charge in [-0.2, -0.15) is 0 Å². The Kier molecular flexibility index (Phi) is 4.61. The van der Waals surface area contributed by atoms with Crippen molar-refractivity contribution in [3.8, 4) is 5.75 Å². The molecule has 0 saturated carbocycles. The molecule has 3 heterocycles. The van der Waals surface area contributed by atoms with E-state index in [1.807, 2.05) is 18.3 Å². The van der Waals surface area contributed by atoms with Gasteiger partial charge in [-0.15, -0.1) is 0 Å². The largest absolute Gasteiger partial charge is 0.507 e. The second-order valence-electron chi connectivity index (χ2n) is 6.95. The van der Waals surface area contributed by atoms with Crippen molar-refractivity contribution in [2.75, 3.05) is 32.8 Å². The van der Waals surface area contributed by atoms with Crippen LogP contribution in [0.15, 0.2) is 29.4 Å². The van der Waals surface area contributed by atoms with Crippen molar-refractivity contribution in [1.29, 1.82) is 0 Å². The lowest BCUT2D eigenvalue weighted by Gasteiger charge is -2.35. The second kappa shape index (κ2) is 7.03. The number of phenolic OH excluding ortho intramolecular Hbond substituents is 1. The maximum absolute atomic E-state index is 10.4. The molecular formula is C18H26N6O. The van der Waals surface area contributed by atoms with Crippen molar-refractivity contribution in [3.05, 3.63) is 35.5 Å². The molecule has 0 bridgehead atoms. The summed E-state index contributed by atoms with van der Waals surface area (Å²) in [4.78, 5) is 6.78. The molecule has 7 heteroatoms. The third-order valence-corrected chi connectivity index (χ3v) is 5.16. The highest BCUT2D eigenvalue weighted by molar-refractivity contribution is 5.91. The maximum Gasteiger partial charge on any atom is 0.125 e. The lowest BCUT2D eigenvalue weighted by molar-refractivity contribution is 0.252. The first-order chi connectivity index (χ1) is 12.2. The molecule has 1 aromatic carbocycles. The average molecular weight is 342 g/mol. The summed E-state index contributed by atoms with van der Waals surface area (Å²) in [5, 5.41) is 20.5. The van der Waals surface area contributed by atoms with Gasteiger partial charge in [0.05, 0.1) is 12.2 Å². The van der Waals surface area contributed by atoms with Crippen LogP contribution in [0.4, 0.5) is 0 Å². The predicted octanol–water partition coefficient (Wildman–Crippen LogP) is 0.307. The van der Waals surface area contributed by atoms with E-state index in [1.165, 1.54) is 6.42 Å². The van der Waals surface area contributed by atoms with Crippen molar-refractivity contribution in [2.24, 2.45) is 10.7 Å². The van der Waals surface area contributed by atoms with Gasteiger partial charge >= 0.3 is 0 Å². The molecule has 0 spiro atoms. The van der Waals surface area contributed by atoms with E-state index in [0.29, 0.717) is 18.4 Å². The highest BCUT2D eigenvalue weighted by Crippen LogP contribution is 2.32. The summed E-state index contributed by atoms with van der Waals surface area (Å²) >= 11 is 0. The number of aliphatic imine (C=N–C) groups is 1. The van der Waals surface area contributed by atoms with Crippen molar-refractivity contribution in [3.63, 3.8) is 0 Å². The fraction of sp³-hybridized carbons (Fsp3) is 0.500. The van der Waals surface area contributed by atoms with E-state index in [-0.39, 0.29) is 11.8 Å². The maximum atomic E-state index is 10.4. The fourth-order valence-electron chi connectivity index (χ4n) is 3.78. The van der Waals surface area contributed by atoms with Crippen molar-refractivity contribution >= 4 is 11.5 Å². The molecule has 4 rings (SSSR count).